The number of nitrogens with one attached hydrogen (secondary N) is 2. The fourth-order valence-corrected chi connectivity index (χ4v) is 6.03. The number of hydrogen-bond donors (Lipinski definition) is 2. The molecular formula is C22H20AsN7. The average molecular weight is 457 g/mol. The van der Waals surface area contributed by atoms with E-state index in [0.717, 1.165) is 39.6 Å². The molecule has 0 saturated carbocycles. The third kappa shape index (κ3) is 3.62. The Morgan fingerprint density at radius 1 is 1.17 bits per heavy atom. The summed E-state index contributed by atoms with van der Waals surface area (Å²) in [5, 5.41) is 24.2. The van der Waals surface area contributed by atoms with E-state index >= 15 is 0 Å². The molecule has 0 amide bonds. The molecule has 2 atom stereocenters. The Kier molecular flexibility index (Phi) is 4.86. The summed E-state index contributed by atoms with van der Waals surface area (Å²) in [5.74, 6) is 0. The number of benzene rings is 2. The third-order valence-electron chi connectivity index (χ3n) is 5.21. The Bertz CT molecular complexity index is 1360. The van der Waals surface area contributed by atoms with Crippen molar-refractivity contribution in [3.05, 3.63) is 66.2 Å². The summed E-state index contributed by atoms with van der Waals surface area (Å²) >= 11 is -0.128. The number of aromatic nitrogens is 6. The van der Waals surface area contributed by atoms with E-state index in [4.69, 9.17) is 5.26 Å². The van der Waals surface area contributed by atoms with Crippen LogP contribution >= 0.6 is 0 Å². The molecule has 5 rings (SSSR count). The van der Waals surface area contributed by atoms with Crippen LogP contribution in [-0.4, -0.2) is 45.7 Å². The van der Waals surface area contributed by atoms with E-state index in [2.05, 4.69) is 62.5 Å². The van der Waals surface area contributed by atoms with Crippen molar-refractivity contribution in [1.82, 2.24) is 29.9 Å². The molecule has 7 nitrogen and oxygen atoms in total. The van der Waals surface area contributed by atoms with Crippen LogP contribution in [-0.2, 0) is 11.8 Å². The number of rotatable bonds is 6. The van der Waals surface area contributed by atoms with E-state index < -0.39 is 0 Å². The summed E-state index contributed by atoms with van der Waals surface area (Å²) < 4.78 is 2.57. The Morgan fingerprint density at radius 3 is 2.93 bits per heavy atom. The first-order valence-electron chi connectivity index (χ1n) is 9.75. The molecule has 3 aromatic heterocycles. The minimum absolute atomic E-state index is 0.128. The standard InChI is InChI=1S/C22H20AsN7/c1-14(11-30-13-25-12-26-30)23-9-15-3-5-19-17(6-15)8-21(27-19)22-18-4-2-16(10-24)7-20(18)28-29-22/h2-8,12-14,23,27H,9,11H2,1H3,(H,28,29). The molecule has 2 N–H and O–H groups in total. The van der Waals surface area contributed by atoms with Gasteiger partial charge in [0, 0.05) is 0 Å². The van der Waals surface area contributed by atoms with Crippen LogP contribution in [0.1, 0.15) is 18.1 Å². The Morgan fingerprint density at radius 2 is 2.10 bits per heavy atom. The number of H-pyrrole nitrogens is 2. The van der Waals surface area contributed by atoms with Gasteiger partial charge in [0.05, 0.1) is 0 Å². The van der Waals surface area contributed by atoms with Crippen molar-refractivity contribution in [3.63, 3.8) is 0 Å². The monoisotopic (exact) mass is 457 g/mol. The molecule has 0 spiro atoms. The van der Waals surface area contributed by atoms with Gasteiger partial charge in [-0.1, -0.05) is 0 Å². The van der Waals surface area contributed by atoms with Gasteiger partial charge in [-0.25, -0.2) is 0 Å². The molecule has 0 saturated heterocycles. The van der Waals surface area contributed by atoms with E-state index in [0.29, 0.717) is 10.3 Å². The zero-order chi connectivity index (χ0) is 20.5. The second-order valence-electron chi connectivity index (χ2n) is 7.45. The van der Waals surface area contributed by atoms with E-state index in [1.54, 1.807) is 12.7 Å². The first kappa shape index (κ1) is 18.7. The number of nitriles is 1. The van der Waals surface area contributed by atoms with Gasteiger partial charge in [0.1, 0.15) is 0 Å². The van der Waals surface area contributed by atoms with Crippen LogP contribution in [0.25, 0.3) is 33.2 Å². The van der Waals surface area contributed by atoms with Gasteiger partial charge in [-0.15, -0.1) is 0 Å². The molecule has 0 fully saturated rings. The van der Waals surface area contributed by atoms with Crippen LogP contribution < -0.4 is 0 Å². The zero-order valence-electron chi connectivity index (χ0n) is 16.4. The number of hydrogen-bond acceptors (Lipinski definition) is 4. The molecule has 148 valence electrons. The molecule has 0 radical (unpaired) electrons. The van der Waals surface area contributed by atoms with Crippen molar-refractivity contribution < 1.29 is 0 Å². The van der Waals surface area contributed by atoms with Crippen molar-refractivity contribution in [3.8, 4) is 17.5 Å². The SMILES string of the molecule is CC(Cn1cncn1)[AsH]Cc1ccc2[nH]c(-c3n[nH]c4cc(C#N)ccc34)cc2c1. The minimum atomic E-state index is -0.128. The normalized spacial score (nSPS) is 12.8. The third-order valence-corrected chi connectivity index (χ3v) is 8.34. The predicted molar refractivity (Wildman–Crippen MR) is 118 cm³/mol. The second-order valence-corrected chi connectivity index (χ2v) is 11.1. The Balaban J connectivity index is 1.36. The topological polar surface area (TPSA) is 99.0 Å². The Labute approximate surface area is 179 Å². The first-order valence-corrected chi connectivity index (χ1v) is 12.4. The number of fused-ring (bicyclic) bond motifs is 2. The fraction of sp³-hybridized carbons (Fsp3) is 0.182. The van der Waals surface area contributed by atoms with Crippen LogP contribution in [0.5, 0.6) is 0 Å². The first-order chi connectivity index (χ1) is 14.7. The van der Waals surface area contributed by atoms with E-state index in [-0.39, 0.29) is 15.8 Å². The van der Waals surface area contributed by atoms with Crippen molar-refractivity contribution in [1.29, 1.82) is 5.26 Å². The molecule has 0 aliphatic rings. The van der Waals surface area contributed by atoms with Gasteiger partial charge in [-0.05, 0) is 0 Å². The Hall–Kier alpha value is -3.36. The molecule has 5 aromatic rings. The summed E-state index contributed by atoms with van der Waals surface area (Å²) in [6, 6.07) is 16.6. The molecule has 0 bridgehead atoms. The molecule has 2 unspecified atom stereocenters. The fourth-order valence-electron chi connectivity index (χ4n) is 3.68. The summed E-state index contributed by atoms with van der Waals surface area (Å²) in [6.07, 6.45) is 3.38. The molecule has 0 aliphatic heterocycles. The van der Waals surface area contributed by atoms with Gasteiger partial charge >= 0.3 is 175 Å². The van der Waals surface area contributed by atoms with Gasteiger partial charge in [0.25, 0.3) is 0 Å². The molecule has 3 heterocycles. The quantitative estimate of drug-likeness (QED) is 0.381. The maximum atomic E-state index is 9.09. The summed E-state index contributed by atoms with van der Waals surface area (Å²) in [7, 11) is 0. The summed E-state index contributed by atoms with van der Waals surface area (Å²) in [5.41, 5.74) is 5.84. The molecule has 2 aromatic carbocycles. The van der Waals surface area contributed by atoms with E-state index in [9.17, 15) is 0 Å². The zero-order valence-corrected chi connectivity index (χ0v) is 18.5. The predicted octanol–water partition coefficient (Wildman–Crippen LogP) is 3.62. The molecule has 30 heavy (non-hydrogen) atoms. The van der Waals surface area contributed by atoms with Crippen molar-refractivity contribution in [2.45, 2.75) is 23.4 Å². The molecule has 0 aliphatic carbocycles. The van der Waals surface area contributed by atoms with E-state index in [1.165, 1.54) is 10.9 Å². The molecular weight excluding hydrogens is 437 g/mol. The van der Waals surface area contributed by atoms with Gasteiger partial charge in [-0.3, -0.25) is 0 Å². The molecule has 8 heteroatoms. The average Bonchev–Trinajstić information content (AvgIpc) is 3.50. The van der Waals surface area contributed by atoms with Crippen molar-refractivity contribution in [2.24, 2.45) is 0 Å². The summed E-state index contributed by atoms with van der Waals surface area (Å²) in [6.45, 7) is 3.24. The maximum absolute atomic E-state index is 9.09. The van der Waals surface area contributed by atoms with Gasteiger partial charge in [0.15, 0.2) is 0 Å². The van der Waals surface area contributed by atoms with Crippen molar-refractivity contribution in [2.75, 3.05) is 0 Å². The van der Waals surface area contributed by atoms with Gasteiger partial charge in [0.2, 0.25) is 0 Å². The van der Waals surface area contributed by atoms with Crippen LogP contribution in [0.15, 0.2) is 55.1 Å². The van der Waals surface area contributed by atoms with Crippen LogP contribution in [0.3, 0.4) is 0 Å². The van der Waals surface area contributed by atoms with Crippen LogP contribution in [0, 0.1) is 11.3 Å². The van der Waals surface area contributed by atoms with Gasteiger partial charge in [-0.2, -0.15) is 5.26 Å². The van der Waals surface area contributed by atoms with E-state index in [1.807, 2.05) is 22.9 Å². The summed E-state index contributed by atoms with van der Waals surface area (Å²) in [4.78, 5) is 7.50. The number of aromatic amines is 2. The number of nitrogens with zero attached hydrogens (tertiary/aromatic N) is 5. The van der Waals surface area contributed by atoms with Crippen LogP contribution in [0.2, 0.25) is 4.71 Å². The van der Waals surface area contributed by atoms with Gasteiger partial charge < -0.3 is 0 Å². The van der Waals surface area contributed by atoms with Crippen LogP contribution in [0.4, 0.5) is 0 Å². The second kappa shape index (κ2) is 7.81. The van der Waals surface area contributed by atoms with Crippen molar-refractivity contribution >= 4 is 37.6 Å².